The van der Waals surface area contributed by atoms with Crippen molar-refractivity contribution in [2.75, 3.05) is 51.8 Å². The Labute approximate surface area is 119 Å². The van der Waals surface area contributed by atoms with Crippen LogP contribution in [0.3, 0.4) is 0 Å². The Hall–Kier alpha value is -0.690. The molecule has 0 spiro atoms. The third-order valence-electron chi connectivity index (χ3n) is 3.36. The Bertz CT molecular complexity index is 388. The minimum absolute atomic E-state index is 0.602. The number of likely N-dealkylation sites (N-methyl/N-ethyl adjacent to an activating group) is 1. The van der Waals surface area contributed by atoms with Gasteiger partial charge in [-0.3, -0.25) is 0 Å². The Morgan fingerprint density at radius 1 is 1.32 bits per heavy atom. The van der Waals surface area contributed by atoms with Crippen molar-refractivity contribution in [2.45, 2.75) is 20.1 Å². The van der Waals surface area contributed by atoms with E-state index in [4.69, 9.17) is 9.72 Å². The number of thiazole rings is 1. The van der Waals surface area contributed by atoms with Gasteiger partial charge in [0.2, 0.25) is 0 Å². The normalized spacial score (nSPS) is 17.1. The van der Waals surface area contributed by atoms with Gasteiger partial charge in [0.15, 0.2) is 5.13 Å². The molecule has 0 unspecified atom stereocenters. The largest absolute Gasteiger partial charge is 0.378 e. The molecule has 0 saturated carbocycles. The molecule has 2 rings (SSSR count). The van der Waals surface area contributed by atoms with E-state index in [0.717, 1.165) is 50.1 Å². The number of rotatable bonds is 6. The highest BCUT2D eigenvalue weighted by Gasteiger charge is 2.19. The van der Waals surface area contributed by atoms with Crippen molar-refractivity contribution in [3.63, 3.8) is 0 Å². The molecule has 1 aliphatic heterocycles. The summed E-state index contributed by atoms with van der Waals surface area (Å²) < 4.78 is 5.26. The van der Waals surface area contributed by atoms with Crippen LogP contribution in [0.4, 0.5) is 5.13 Å². The van der Waals surface area contributed by atoms with Crippen LogP contribution in [0.5, 0.6) is 0 Å². The number of hydrogen-bond donors (Lipinski definition) is 1. The van der Waals surface area contributed by atoms with Gasteiger partial charge < -0.3 is 19.9 Å². The molecule has 0 aromatic carbocycles. The average Bonchev–Trinajstić information content (AvgIpc) is 2.81. The lowest BCUT2D eigenvalue weighted by Gasteiger charge is -2.32. The van der Waals surface area contributed by atoms with Crippen LogP contribution in [0.2, 0.25) is 0 Å². The first-order valence-electron chi connectivity index (χ1n) is 6.86. The molecule has 1 N–H and O–H groups in total. The van der Waals surface area contributed by atoms with Crippen LogP contribution in [0.25, 0.3) is 0 Å². The van der Waals surface area contributed by atoms with Crippen LogP contribution in [0.1, 0.15) is 17.5 Å². The summed E-state index contributed by atoms with van der Waals surface area (Å²) in [4.78, 5) is 10.8. The number of hydrogen-bond acceptors (Lipinski definition) is 6. The van der Waals surface area contributed by atoms with Crippen molar-refractivity contribution in [2.24, 2.45) is 0 Å². The molecule has 19 heavy (non-hydrogen) atoms. The number of methoxy groups -OCH3 is 1. The third-order valence-corrected chi connectivity index (χ3v) is 4.52. The molecule has 108 valence electrons. The SMILES string of the molecule is CCNCc1sc(N2CCN(C)CC2)nc1COC. The maximum absolute atomic E-state index is 5.26. The average molecular weight is 284 g/mol. The quantitative estimate of drug-likeness (QED) is 0.849. The van der Waals surface area contributed by atoms with Crippen LogP contribution >= 0.6 is 11.3 Å². The predicted molar refractivity (Wildman–Crippen MR) is 79.9 cm³/mol. The summed E-state index contributed by atoms with van der Waals surface area (Å²) in [6.45, 7) is 8.95. The van der Waals surface area contributed by atoms with Gasteiger partial charge in [0.1, 0.15) is 0 Å². The lowest BCUT2D eigenvalue weighted by Crippen LogP contribution is -2.44. The summed E-state index contributed by atoms with van der Waals surface area (Å²) in [7, 11) is 3.90. The van der Waals surface area contributed by atoms with Crippen molar-refractivity contribution < 1.29 is 4.74 Å². The van der Waals surface area contributed by atoms with Crippen LogP contribution < -0.4 is 10.2 Å². The van der Waals surface area contributed by atoms with Gasteiger partial charge >= 0.3 is 0 Å². The van der Waals surface area contributed by atoms with Crippen molar-refractivity contribution in [3.8, 4) is 0 Å². The molecule has 1 saturated heterocycles. The molecule has 1 aliphatic rings. The molecule has 6 heteroatoms. The predicted octanol–water partition coefficient (Wildman–Crippen LogP) is 1.15. The molecule has 0 amide bonds. The van der Waals surface area contributed by atoms with Crippen LogP contribution in [0.15, 0.2) is 0 Å². The number of nitrogens with zero attached hydrogens (tertiary/aromatic N) is 3. The molecule has 0 aliphatic carbocycles. The van der Waals surface area contributed by atoms with E-state index in [1.54, 1.807) is 18.4 Å². The number of piperazine rings is 1. The Morgan fingerprint density at radius 2 is 2.05 bits per heavy atom. The fourth-order valence-electron chi connectivity index (χ4n) is 2.13. The second-order valence-corrected chi connectivity index (χ2v) is 5.93. The molecular weight excluding hydrogens is 260 g/mol. The van der Waals surface area contributed by atoms with Crippen LogP contribution in [-0.4, -0.2) is 56.8 Å². The highest BCUT2D eigenvalue weighted by molar-refractivity contribution is 7.15. The van der Waals surface area contributed by atoms with E-state index in [1.807, 2.05) is 0 Å². The topological polar surface area (TPSA) is 40.6 Å². The zero-order valence-electron chi connectivity index (χ0n) is 12.1. The van der Waals surface area contributed by atoms with Crippen molar-refractivity contribution >= 4 is 16.5 Å². The summed E-state index contributed by atoms with van der Waals surface area (Å²) in [6, 6.07) is 0. The molecule has 1 aromatic heterocycles. The summed E-state index contributed by atoms with van der Waals surface area (Å²) in [5.74, 6) is 0. The van der Waals surface area contributed by atoms with E-state index in [9.17, 15) is 0 Å². The molecule has 0 radical (unpaired) electrons. The fourth-order valence-corrected chi connectivity index (χ4v) is 3.21. The van der Waals surface area contributed by atoms with Gasteiger partial charge in [-0.05, 0) is 13.6 Å². The molecule has 0 bridgehead atoms. The van der Waals surface area contributed by atoms with E-state index in [2.05, 4.69) is 29.1 Å². The first-order chi connectivity index (χ1) is 9.24. The summed E-state index contributed by atoms with van der Waals surface area (Å²) in [5, 5.41) is 4.52. The second-order valence-electron chi connectivity index (χ2n) is 4.87. The third kappa shape index (κ3) is 3.89. The summed E-state index contributed by atoms with van der Waals surface area (Å²) >= 11 is 1.80. The molecule has 2 heterocycles. The van der Waals surface area contributed by atoms with Crippen molar-refractivity contribution in [1.29, 1.82) is 0 Å². The maximum Gasteiger partial charge on any atom is 0.186 e. The van der Waals surface area contributed by atoms with E-state index >= 15 is 0 Å². The summed E-state index contributed by atoms with van der Waals surface area (Å²) in [6.07, 6.45) is 0. The van der Waals surface area contributed by atoms with Gasteiger partial charge in [0, 0.05) is 44.7 Å². The Kier molecular flexibility index (Phi) is 5.57. The van der Waals surface area contributed by atoms with E-state index in [0.29, 0.717) is 6.61 Å². The molecule has 1 fully saturated rings. The van der Waals surface area contributed by atoms with E-state index in [-0.39, 0.29) is 0 Å². The molecule has 0 atom stereocenters. The number of anilines is 1. The number of nitrogens with one attached hydrogen (secondary N) is 1. The molecular formula is C13H24N4OS. The Morgan fingerprint density at radius 3 is 2.68 bits per heavy atom. The zero-order chi connectivity index (χ0) is 13.7. The molecule has 1 aromatic rings. The van der Waals surface area contributed by atoms with Crippen LogP contribution in [-0.2, 0) is 17.9 Å². The maximum atomic E-state index is 5.26. The fraction of sp³-hybridized carbons (Fsp3) is 0.769. The van der Waals surface area contributed by atoms with E-state index in [1.165, 1.54) is 4.88 Å². The highest BCUT2D eigenvalue weighted by atomic mass is 32.1. The van der Waals surface area contributed by atoms with Gasteiger partial charge in [-0.2, -0.15) is 0 Å². The lowest BCUT2D eigenvalue weighted by atomic mass is 10.3. The van der Waals surface area contributed by atoms with Crippen LogP contribution in [0, 0.1) is 0 Å². The lowest BCUT2D eigenvalue weighted by molar-refractivity contribution is 0.181. The van der Waals surface area contributed by atoms with E-state index < -0.39 is 0 Å². The van der Waals surface area contributed by atoms with Gasteiger partial charge in [-0.1, -0.05) is 6.92 Å². The van der Waals surface area contributed by atoms with Crippen molar-refractivity contribution in [3.05, 3.63) is 10.6 Å². The van der Waals surface area contributed by atoms with Gasteiger partial charge in [0.25, 0.3) is 0 Å². The van der Waals surface area contributed by atoms with Gasteiger partial charge in [-0.25, -0.2) is 4.98 Å². The highest BCUT2D eigenvalue weighted by Crippen LogP contribution is 2.27. The van der Waals surface area contributed by atoms with Crippen molar-refractivity contribution in [1.82, 2.24) is 15.2 Å². The zero-order valence-corrected chi connectivity index (χ0v) is 12.9. The first kappa shape index (κ1) is 14.7. The smallest absolute Gasteiger partial charge is 0.186 e. The molecule has 5 nitrogen and oxygen atoms in total. The number of ether oxygens (including phenoxy) is 1. The minimum atomic E-state index is 0.602. The van der Waals surface area contributed by atoms with Gasteiger partial charge in [0.05, 0.1) is 12.3 Å². The Balaban J connectivity index is 2.07. The first-order valence-corrected chi connectivity index (χ1v) is 7.68. The summed E-state index contributed by atoms with van der Waals surface area (Å²) in [5.41, 5.74) is 1.09. The standard InChI is InChI=1S/C13H24N4OS/c1-4-14-9-12-11(10-18-3)15-13(19-12)17-7-5-16(2)6-8-17/h14H,4-10H2,1-3H3. The minimum Gasteiger partial charge on any atom is -0.378 e. The number of aromatic nitrogens is 1. The monoisotopic (exact) mass is 284 g/mol. The second kappa shape index (κ2) is 7.19. The van der Waals surface area contributed by atoms with Gasteiger partial charge in [-0.15, -0.1) is 11.3 Å².